The summed E-state index contributed by atoms with van der Waals surface area (Å²) >= 11 is 0. The molecule has 82 valence electrons. The molecular weight excluding hydrogens is 196 g/mol. The molecule has 6 nitrogen and oxygen atoms in total. The third kappa shape index (κ3) is 2.57. The van der Waals surface area contributed by atoms with Gasteiger partial charge >= 0.3 is 5.69 Å². The topological polar surface area (TPSA) is 93.2 Å². The van der Waals surface area contributed by atoms with Crippen molar-refractivity contribution in [3.63, 3.8) is 0 Å². The number of anilines is 2. The first-order valence-corrected chi connectivity index (χ1v) is 4.68. The zero-order valence-corrected chi connectivity index (χ0v) is 8.49. The molecule has 1 aromatic rings. The monoisotopic (exact) mass is 210 g/mol. The maximum Gasteiger partial charge on any atom is 0.316 e. The number of nitrogen functional groups attached to an aromatic ring is 1. The van der Waals surface area contributed by atoms with Gasteiger partial charge in [-0.15, -0.1) is 0 Å². The molecule has 1 aromatic carbocycles. The predicted octanol–water partition coefficient (Wildman–Crippen LogP) is 1.70. The standard InChI is InChI=1S/C9H14N4O2/c1-2-6-11-7-4-3-5-8(12-10)9(7)13(14)15/h3-5,11-12H,2,6,10H2,1H3. The molecule has 0 saturated carbocycles. The summed E-state index contributed by atoms with van der Waals surface area (Å²) < 4.78 is 0. The van der Waals surface area contributed by atoms with Gasteiger partial charge in [-0.05, 0) is 18.6 Å². The summed E-state index contributed by atoms with van der Waals surface area (Å²) in [6.45, 7) is 2.68. The SMILES string of the molecule is CCCNc1cccc(NN)c1[N+](=O)[O-]. The lowest BCUT2D eigenvalue weighted by atomic mass is 10.2. The van der Waals surface area contributed by atoms with Gasteiger partial charge in [0, 0.05) is 6.54 Å². The van der Waals surface area contributed by atoms with Crippen LogP contribution in [0.5, 0.6) is 0 Å². The quantitative estimate of drug-likeness (QED) is 0.390. The summed E-state index contributed by atoms with van der Waals surface area (Å²) in [5.41, 5.74) is 3.08. The second kappa shape index (κ2) is 5.16. The van der Waals surface area contributed by atoms with Crippen molar-refractivity contribution in [1.82, 2.24) is 0 Å². The van der Waals surface area contributed by atoms with Crippen LogP contribution in [-0.2, 0) is 0 Å². The van der Waals surface area contributed by atoms with Gasteiger partial charge in [0.1, 0.15) is 11.4 Å². The minimum atomic E-state index is -0.451. The lowest BCUT2D eigenvalue weighted by Gasteiger charge is -2.08. The van der Waals surface area contributed by atoms with E-state index in [1.807, 2.05) is 6.92 Å². The molecule has 15 heavy (non-hydrogen) atoms. The molecule has 0 saturated heterocycles. The van der Waals surface area contributed by atoms with Gasteiger partial charge in [-0.25, -0.2) is 0 Å². The summed E-state index contributed by atoms with van der Waals surface area (Å²) in [5, 5.41) is 13.8. The van der Waals surface area contributed by atoms with Crippen molar-refractivity contribution in [3.05, 3.63) is 28.3 Å². The second-order valence-electron chi connectivity index (χ2n) is 3.03. The Labute approximate surface area is 87.6 Å². The fourth-order valence-corrected chi connectivity index (χ4v) is 1.26. The van der Waals surface area contributed by atoms with Crippen molar-refractivity contribution in [3.8, 4) is 0 Å². The molecule has 0 amide bonds. The first-order valence-electron chi connectivity index (χ1n) is 4.68. The van der Waals surface area contributed by atoms with Gasteiger partial charge in [-0.2, -0.15) is 0 Å². The molecule has 4 N–H and O–H groups in total. The molecule has 0 heterocycles. The molecule has 0 aliphatic carbocycles. The van der Waals surface area contributed by atoms with Gasteiger partial charge < -0.3 is 10.7 Å². The fourth-order valence-electron chi connectivity index (χ4n) is 1.26. The molecule has 0 radical (unpaired) electrons. The van der Waals surface area contributed by atoms with Crippen molar-refractivity contribution < 1.29 is 4.92 Å². The molecule has 0 unspecified atom stereocenters. The summed E-state index contributed by atoms with van der Waals surface area (Å²) in [4.78, 5) is 10.4. The first kappa shape index (κ1) is 11.3. The molecule has 0 atom stereocenters. The molecule has 6 heteroatoms. The number of rotatable bonds is 5. The molecule has 1 rings (SSSR count). The van der Waals surface area contributed by atoms with E-state index < -0.39 is 4.92 Å². The highest BCUT2D eigenvalue weighted by Crippen LogP contribution is 2.31. The Bertz CT molecular complexity index is 354. The van der Waals surface area contributed by atoms with E-state index in [0.29, 0.717) is 17.9 Å². The van der Waals surface area contributed by atoms with E-state index >= 15 is 0 Å². The minimum absolute atomic E-state index is 0.0200. The van der Waals surface area contributed by atoms with Crippen LogP contribution in [-0.4, -0.2) is 11.5 Å². The Kier molecular flexibility index (Phi) is 3.87. The van der Waals surface area contributed by atoms with Crippen molar-refractivity contribution in [2.75, 3.05) is 17.3 Å². The van der Waals surface area contributed by atoms with Gasteiger partial charge in [0.2, 0.25) is 0 Å². The number of nitrogens with two attached hydrogens (primary N) is 1. The molecule has 0 fully saturated rings. The summed E-state index contributed by atoms with van der Waals surface area (Å²) in [5.74, 6) is 5.20. The number of nitrogens with zero attached hydrogens (tertiary/aromatic N) is 1. The van der Waals surface area contributed by atoms with Gasteiger partial charge in [-0.3, -0.25) is 16.0 Å². The lowest BCUT2D eigenvalue weighted by molar-refractivity contribution is -0.383. The van der Waals surface area contributed by atoms with E-state index in [4.69, 9.17) is 5.84 Å². The average molecular weight is 210 g/mol. The van der Waals surface area contributed by atoms with E-state index in [9.17, 15) is 10.1 Å². The van der Waals surface area contributed by atoms with Crippen molar-refractivity contribution in [1.29, 1.82) is 0 Å². The normalized spacial score (nSPS) is 9.73. The van der Waals surface area contributed by atoms with E-state index in [0.717, 1.165) is 6.42 Å². The van der Waals surface area contributed by atoms with E-state index in [2.05, 4.69) is 10.7 Å². The molecular formula is C9H14N4O2. The molecule has 0 bridgehead atoms. The Balaban J connectivity index is 3.07. The van der Waals surface area contributed by atoms with Gasteiger partial charge in [0.25, 0.3) is 0 Å². The lowest BCUT2D eigenvalue weighted by Crippen LogP contribution is -2.11. The summed E-state index contributed by atoms with van der Waals surface area (Å²) in [6.07, 6.45) is 0.900. The number of hydrogen-bond acceptors (Lipinski definition) is 5. The Morgan fingerprint density at radius 1 is 1.47 bits per heavy atom. The fraction of sp³-hybridized carbons (Fsp3) is 0.333. The summed E-state index contributed by atoms with van der Waals surface area (Å²) in [7, 11) is 0. The highest BCUT2D eigenvalue weighted by Gasteiger charge is 2.18. The molecule has 0 spiro atoms. The van der Waals surface area contributed by atoms with Crippen LogP contribution in [0.4, 0.5) is 17.1 Å². The molecule has 0 aromatic heterocycles. The highest BCUT2D eigenvalue weighted by molar-refractivity contribution is 5.75. The van der Waals surface area contributed by atoms with Gasteiger partial charge in [0.05, 0.1) is 4.92 Å². The number of para-hydroxylation sites is 1. The number of hydrazine groups is 1. The predicted molar refractivity (Wildman–Crippen MR) is 59.7 cm³/mol. The average Bonchev–Trinajstić information content (AvgIpc) is 2.25. The van der Waals surface area contributed by atoms with Crippen molar-refractivity contribution in [2.45, 2.75) is 13.3 Å². The first-order chi connectivity index (χ1) is 7.20. The van der Waals surface area contributed by atoms with Crippen LogP contribution in [0.15, 0.2) is 18.2 Å². The van der Waals surface area contributed by atoms with Crippen LogP contribution in [0.25, 0.3) is 0 Å². The van der Waals surface area contributed by atoms with Crippen LogP contribution in [0, 0.1) is 10.1 Å². The van der Waals surface area contributed by atoms with E-state index in [-0.39, 0.29) is 5.69 Å². The number of nitro benzene ring substituents is 1. The van der Waals surface area contributed by atoms with Crippen LogP contribution in [0.2, 0.25) is 0 Å². The van der Waals surface area contributed by atoms with Crippen molar-refractivity contribution in [2.24, 2.45) is 5.84 Å². The minimum Gasteiger partial charge on any atom is -0.379 e. The number of benzene rings is 1. The largest absolute Gasteiger partial charge is 0.379 e. The zero-order valence-electron chi connectivity index (χ0n) is 8.49. The third-order valence-corrected chi connectivity index (χ3v) is 1.94. The van der Waals surface area contributed by atoms with Crippen LogP contribution < -0.4 is 16.6 Å². The smallest absolute Gasteiger partial charge is 0.316 e. The Morgan fingerprint density at radius 2 is 2.13 bits per heavy atom. The number of nitro groups is 1. The number of hydrogen-bond donors (Lipinski definition) is 3. The molecule has 0 aliphatic rings. The van der Waals surface area contributed by atoms with Crippen LogP contribution in [0.1, 0.15) is 13.3 Å². The Morgan fingerprint density at radius 3 is 2.67 bits per heavy atom. The van der Waals surface area contributed by atoms with Gasteiger partial charge in [0.15, 0.2) is 0 Å². The second-order valence-corrected chi connectivity index (χ2v) is 3.03. The third-order valence-electron chi connectivity index (χ3n) is 1.94. The highest BCUT2D eigenvalue weighted by atomic mass is 16.6. The maximum atomic E-state index is 10.8. The summed E-state index contributed by atoms with van der Waals surface area (Å²) in [6, 6.07) is 4.93. The van der Waals surface area contributed by atoms with E-state index in [1.165, 1.54) is 0 Å². The maximum absolute atomic E-state index is 10.8. The number of nitrogens with one attached hydrogen (secondary N) is 2. The van der Waals surface area contributed by atoms with Crippen molar-refractivity contribution >= 4 is 17.1 Å². The van der Waals surface area contributed by atoms with Crippen LogP contribution >= 0.6 is 0 Å². The molecule has 0 aliphatic heterocycles. The van der Waals surface area contributed by atoms with Crippen LogP contribution in [0.3, 0.4) is 0 Å². The van der Waals surface area contributed by atoms with Gasteiger partial charge in [-0.1, -0.05) is 13.0 Å². The zero-order chi connectivity index (χ0) is 11.3. The van der Waals surface area contributed by atoms with E-state index in [1.54, 1.807) is 18.2 Å². The Hall–Kier alpha value is -1.82.